The zero-order valence-electron chi connectivity index (χ0n) is 16.6. The second kappa shape index (κ2) is 9.39. The Hall–Kier alpha value is -2.42. The monoisotopic (exact) mass is 419 g/mol. The zero-order chi connectivity index (χ0) is 20.9. The van der Waals surface area contributed by atoms with Crippen LogP contribution in [0.3, 0.4) is 0 Å². The zero-order valence-corrected chi connectivity index (χ0v) is 17.4. The van der Waals surface area contributed by atoms with Crippen LogP contribution in [0, 0.1) is 13.8 Å². The van der Waals surface area contributed by atoms with Gasteiger partial charge in [0, 0.05) is 13.1 Å². The molecule has 156 valence electrons. The highest BCUT2D eigenvalue weighted by molar-refractivity contribution is 7.89. The van der Waals surface area contributed by atoms with E-state index < -0.39 is 16.0 Å². The van der Waals surface area contributed by atoms with E-state index in [0.717, 1.165) is 16.9 Å². The van der Waals surface area contributed by atoms with E-state index >= 15 is 0 Å². The first-order chi connectivity index (χ1) is 13.9. The van der Waals surface area contributed by atoms with Crippen molar-refractivity contribution in [1.29, 1.82) is 0 Å². The molecular weight excluding hydrogens is 394 g/mol. The fourth-order valence-corrected chi connectivity index (χ4v) is 4.50. The predicted molar refractivity (Wildman–Crippen MR) is 108 cm³/mol. The molecule has 0 saturated carbocycles. The van der Waals surface area contributed by atoms with Crippen molar-refractivity contribution >= 4 is 16.0 Å². The lowest BCUT2D eigenvalue weighted by Gasteiger charge is -2.26. The van der Waals surface area contributed by atoms with Crippen LogP contribution in [0.25, 0.3) is 0 Å². The van der Waals surface area contributed by atoms with Crippen LogP contribution in [-0.2, 0) is 19.5 Å². The highest BCUT2D eigenvalue weighted by atomic mass is 32.2. The Balaban J connectivity index is 1.52. The first kappa shape index (κ1) is 21.3. The van der Waals surface area contributed by atoms with Crippen LogP contribution in [0.5, 0.6) is 5.75 Å². The topological polar surface area (TPSA) is 82.1 Å². The number of rotatable bonds is 7. The number of nitrogens with zero attached hydrogens (tertiary/aromatic N) is 1. The van der Waals surface area contributed by atoms with Crippen molar-refractivity contribution in [2.24, 2.45) is 0 Å². The van der Waals surface area contributed by atoms with Gasteiger partial charge in [0.05, 0.1) is 23.7 Å². The summed E-state index contributed by atoms with van der Waals surface area (Å²) < 4.78 is 42.6. The molecule has 0 spiro atoms. The average Bonchev–Trinajstić information content (AvgIpc) is 2.71. The minimum absolute atomic E-state index is 0.0969. The molecule has 0 unspecified atom stereocenters. The number of sulfonamides is 1. The van der Waals surface area contributed by atoms with Gasteiger partial charge in [-0.1, -0.05) is 6.07 Å². The third kappa shape index (κ3) is 5.56. The minimum atomic E-state index is -3.58. The maximum Gasteiger partial charge on any atom is 0.338 e. The van der Waals surface area contributed by atoms with Gasteiger partial charge < -0.3 is 14.2 Å². The van der Waals surface area contributed by atoms with Gasteiger partial charge in [-0.3, -0.25) is 0 Å². The van der Waals surface area contributed by atoms with E-state index in [-0.39, 0.29) is 23.7 Å². The minimum Gasteiger partial charge on any atom is -0.490 e. The van der Waals surface area contributed by atoms with Crippen molar-refractivity contribution in [2.75, 3.05) is 39.5 Å². The van der Waals surface area contributed by atoms with Gasteiger partial charge in [0.15, 0.2) is 0 Å². The van der Waals surface area contributed by atoms with Gasteiger partial charge in [0.2, 0.25) is 10.0 Å². The van der Waals surface area contributed by atoms with Crippen LogP contribution in [0.1, 0.15) is 21.5 Å². The highest BCUT2D eigenvalue weighted by Gasteiger charge is 2.26. The molecule has 29 heavy (non-hydrogen) atoms. The van der Waals surface area contributed by atoms with Crippen LogP contribution in [-0.4, -0.2) is 58.2 Å². The Labute approximate surface area is 171 Å². The number of ether oxygens (including phenoxy) is 3. The van der Waals surface area contributed by atoms with E-state index in [1.54, 1.807) is 0 Å². The highest BCUT2D eigenvalue weighted by Crippen LogP contribution is 2.18. The van der Waals surface area contributed by atoms with Crippen molar-refractivity contribution < 1.29 is 27.4 Å². The molecule has 1 fully saturated rings. The Bertz CT molecular complexity index is 929. The molecule has 0 aliphatic carbocycles. The number of aryl methyl sites for hydroxylation is 2. The van der Waals surface area contributed by atoms with Crippen LogP contribution in [0.4, 0.5) is 0 Å². The standard InChI is InChI=1S/C21H25NO6S/c1-16-13-17(2)15-19(14-16)27-11-12-28-21(23)18-3-5-20(6-4-18)29(24,25)22-7-9-26-10-8-22/h3-6,13-15H,7-12H2,1-2H3. The lowest BCUT2D eigenvalue weighted by Crippen LogP contribution is -2.40. The number of carbonyl (C=O) groups excluding carboxylic acids is 1. The summed E-state index contributed by atoms with van der Waals surface area (Å²) >= 11 is 0. The second-order valence-corrected chi connectivity index (χ2v) is 8.79. The summed E-state index contributed by atoms with van der Waals surface area (Å²) in [5, 5.41) is 0. The molecular formula is C21H25NO6S. The number of hydrogen-bond acceptors (Lipinski definition) is 6. The average molecular weight is 419 g/mol. The van der Waals surface area contributed by atoms with E-state index in [1.807, 2.05) is 26.0 Å². The van der Waals surface area contributed by atoms with Gasteiger partial charge in [-0.2, -0.15) is 4.31 Å². The SMILES string of the molecule is Cc1cc(C)cc(OCCOC(=O)c2ccc(S(=O)(=O)N3CCOCC3)cc2)c1. The number of morpholine rings is 1. The summed E-state index contributed by atoms with van der Waals surface area (Å²) in [6.07, 6.45) is 0. The molecule has 1 aliphatic heterocycles. The summed E-state index contributed by atoms with van der Waals surface area (Å²) in [5.74, 6) is 0.209. The Morgan fingerprint density at radius 3 is 2.24 bits per heavy atom. The fourth-order valence-electron chi connectivity index (χ4n) is 3.09. The Morgan fingerprint density at radius 2 is 1.62 bits per heavy atom. The molecule has 2 aromatic rings. The van der Waals surface area contributed by atoms with E-state index in [0.29, 0.717) is 26.3 Å². The maximum absolute atomic E-state index is 12.6. The largest absolute Gasteiger partial charge is 0.490 e. The smallest absolute Gasteiger partial charge is 0.338 e. The van der Waals surface area contributed by atoms with E-state index in [2.05, 4.69) is 6.07 Å². The molecule has 0 bridgehead atoms. The molecule has 7 nitrogen and oxygen atoms in total. The van der Waals surface area contributed by atoms with Crippen molar-refractivity contribution in [3.63, 3.8) is 0 Å². The lowest BCUT2D eigenvalue weighted by molar-refractivity contribution is 0.0450. The van der Waals surface area contributed by atoms with Gasteiger partial charge in [-0.25, -0.2) is 13.2 Å². The van der Waals surface area contributed by atoms with Gasteiger partial charge in [0.25, 0.3) is 0 Å². The van der Waals surface area contributed by atoms with Crippen LogP contribution in [0.15, 0.2) is 47.4 Å². The number of benzene rings is 2. The normalized spacial score (nSPS) is 15.1. The van der Waals surface area contributed by atoms with Crippen molar-refractivity contribution in [1.82, 2.24) is 4.31 Å². The molecule has 3 rings (SSSR count). The molecule has 2 aromatic carbocycles. The summed E-state index contributed by atoms with van der Waals surface area (Å²) in [6.45, 7) is 5.73. The van der Waals surface area contributed by atoms with E-state index in [4.69, 9.17) is 14.2 Å². The predicted octanol–water partition coefficient (Wildman–Crippen LogP) is 2.56. The van der Waals surface area contributed by atoms with E-state index in [9.17, 15) is 13.2 Å². The Kier molecular flexibility index (Phi) is 6.89. The number of esters is 1. The third-order valence-electron chi connectivity index (χ3n) is 4.48. The summed E-state index contributed by atoms with van der Waals surface area (Å²) in [7, 11) is -3.58. The quantitative estimate of drug-likeness (QED) is 0.507. The first-order valence-electron chi connectivity index (χ1n) is 9.42. The van der Waals surface area contributed by atoms with Gasteiger partial charge >= 0.3 is 5.97 Å². The fraction of sp³-hybridized carbons (Fsp3) is 0.381. The number of carbonyl (C=O) groups is 1. The molecule has 8 heteroatoms. The van der Waals surface area contributed by atoms with Crippen molar-refractivity contribution in [2.45, 2.75) is 18.7 Å². The van der Waals surface area contributed by atoms with Gasteiger partial charge in [-0.15, -0.1) is 0 Å². The third-order valence-corrected chi connectivity index (χ3v) is 6.39. The summed E-state index contributed by atoms with van der Waals surface area (Å²) in [4.78, 5) is 12.3. The van der Waals surface area contributed by atoms with E-state index in [1.165, 1.54) is 28.6 Å². The molecule has 0 radical (unpaired) electrons. The molecule has 1 aliphatic rings. The second-order valence-electron chi connectivity index (χ2n) is 6.85. The molecule has 0 amide bonds. The van der Waals surface area contributed by atoms with Crippen LogP contribution >= 0.6 is 0 Å². The molecule has 1 saturated heterocycles. The maximum atomic E-state index is 12.6. The lowest BCUT2D eigenvalue weighted by atomic mass is 10.1. The molecule has 0 aromatic heterocycles. The summed E-state index contributed by atoms with van der Waals surface area (Å²) in [6, 6.07) is 11.7. The van der Waals surface area contributed by atoms with Crippen LogP contribution < -0.4 is 4.74 Å². The number of hydrogen-bond donors (Lipinski definition) is 0. The van der Waals surface area contributed by atoms with Crippen molar-refractivity contribution in [3.8, 4) is 5.75 Å². The van der Waals surface area contributed by atoms with Crippen LogP contribution in [0.2, 0.25) is 0 Å². The van der Waals surface area contributed by atoms with Crippen molar-refractivity contribution in [3.05, 3.63) is 59.2 Å². The molecule has 0 N–H and O–H groups in total. The summed E-state index contributed by atoms with van der Waals surface area (Å²) in [5.41, 5.74) is 2.49. The Morgan fingerprint density at radius 1 is 1.00 bits per heavy atom. The molecule has 0 atom stereocenters. The van der Waals surface area contributed by atoms with Gasteiger partial charge in [0.1, 0.15) is 19.0 Å². The molecule has 1 heterocycles. The first-order valence-corrected chi connectivity index (χ1v) is 10.9. The van der Waals surface area contributed by atoms with Gasteiger partial charge in [-0.05, 0) is 61.4 Å².